The van der Waals surface area contributed by atoms with Crippen molar-refractivity contribution in [2.75, 3.05) is 26.5 Å². The fourth-order valence-corrected chi connectivity index (χ4v) is 4.28. The highest BCUT2D eigenvalue weighted by Gasteiger charge is 2.31. The molecule has 5 rings (SSSR count). The summed E-state index contributed by atoms with van der Waals surface area (Å²) in [4.78, 5) is 2.42. The monoisotopic (exact) mass is 421 g/mol. The molecule has 0 spiro atoms. The summed E-state index contributed by atoms with van der Waals surface area (Å²) in [6, 6.07) is 16.4. The number of ether oxygens (including phenoxy) is 3. The van der Waals surface area contributed by atoms with Crippen LogP contribution in [0.3, 0.4) is 0 Å². The highest BCUT2D eigenvalue weighted by molar-refractivity contribution is 5.45. The lowest BCUT2D eigenvalue weighted by molar-refractivity contribution is -0.0923. The zero-order chi connectivity index (χ0) is 21.2. The van der Waals surface area contributed by atoms with E-state index >= 15 is 0 Å². The quantitative estimate of drug-likeness (QED) is 0.659. The second-order valence-electron chi connectivity index (χ2n) is 8.06. The van der Waals surface area contributed by atoms with Crippen molar-refractivity contribution in [3.63, 3.8) is 0 Å². The lowest BCUT2D eigenvalue weighted by Gasteiger charge is -2.38. The standard InChI is InChI=1S/C24H27N3O4/c1-17-20(13-27(25-17)9-10-28)12-26-14-23(18-5-3-2-4-6-18)31-24(15-26)19-7-8-21-22(11-19)30-16-29-21/h2-8,11,13,23-24,28H,9-10,12,14-16H2,1H3/t23-,24+/m0/s1. The fraction of sp³-hybridized carbons (Fsp3) is 0.375. The van der Waals surface area contributed by atoms with E-state index in [1.807, 2.05) is 36.0 Å². The summed E-state index contributed by atoms with van der Waals surface area (Å²) in [6.07, 6.45) is 1.92. The normalized spacial score (nSPS) is 20.8. The third-order valence-electron chi connectivity index (χ3n) is 5.89. The van der Waals surface area contributed by atoms with Gasteiger partial charge in [0.05, 0.1) is 31.1 Å². The van der Waals surface area contributed by atoms with Gasteiger partial charge in [0, 0.05) is 31.4 Å². The Labute approximate surface area is 181 Å². The summed E-state index contributed by atoms with van der Waals surface area (Å²) >= 11 is 0. The Bertz CT molecular complexity index is 1040. The zero-order valence-corrected chi connectivity index (χ0v) is 17.6. The van der Waals surface area contributed by atoms with Crippen LogP contribution in [0.4, 0.5) is 0 Å². The third kappa shape index (κ3) is 4.30. The number of aliphatic hydroxyl groups excluding tert-OH is 1. The minimum absolute atomic E-state index is 0.0295. The number of aryl methyl sites for hydroxylation is 1. The summed E-state index contributed by atoms with van der Waals surface area (Å²) in [5.41, 5.74) is 4.43. The van der Waals surface area contributed by atoms with E-state index < -0.39 is 0 Å². The Morgan fingerprint density at radius 1 is 1.00 bits per heavy atom. The molecule has 3 heterocycles. The minimum atomic E-state index is -0.0822. The van der Waals surface area contributed by atoms with Crippen LogP contribution in [-0.2, 0) is 17.8 Å². The van der Waals surface area contributed by atoms with Crippen LogP contribution in [0.5, 0.6) is 11.5 Å². The number of fused-ring (bicyclic) bond motifs is 1. The molecule has 31 heavy (non-hydrogen) atoms. The second-order valence-corrected chi connectivity index (χ2v) is 8.06. The molecular formula is C24H27N3O4. The molecular weight excluding hydrogens is 394 g/mol. The lowest BCUT2D eigenvalue weighted by atomic mass is 10.0. The smallest absolute Gasteiger partial charge is 0.231 e. The van der Waals surface area contributed by atoms with Gasteiger partial charge in [0.2, 0.25) is 6.79 Å². The summed E-state index contributed by atoms with van der Waals surface area (Å²) in [6.45, 7) is 5.24. The first-order chi connectivity index (χ1) is 15.2. The van der Waals surface area contributed by atoms with Crippen LogP contribution < -0.4 is 9.47 Å². The molecule has 0 bridgehead atoms. The van der Waals surface area contributed by atoms with Crippen molar-refractivity contribution < 1.29 is 19.3 Å². The lowest BCUT2D eigenvalue weighted by Crippen LogP contribution is -2.39. The van der Waals surface area contributed by atoms with Crippen LogP contribution >= 0.6 is 0 Å². The first-order valence-electron chi connectivity index (χ1n) is 10.7. The number of benzene rings is 2. The number of morpholine rings is 1. The van der Waals surface area contributed by atoms with E-state index in [-0.39, 0.29) is 25.6 Å². The number of hydrogen-bond acceptors (Lipinski definition) is 6. The van der Waals surface area contributed by atoms with Gasteiger partial charge in [-0.15, -0.1) is 0 Å². The molecule has 1 saturated heterocycles. The van der Waals surface area contributed by atoms with E-state index in [0.29, 0.717) is 6.54 Å². The molecule has 7 heteroatoms. The Morgan fingerprint density at radius 2 is 1.77 bits per heavy atom. The van der Waals surface area contributed by atoms with Crippen molar-refractivity contribution in [3.05, 3.63) is 77.1 Å². The molecule has 7 nitrogen and oxygen atoms in total. The molecule has 0 unspecified atom stereocenters. The summed E-state index contributed by atoms with van der Waals surface area (Å²) in [5, 5.41) is 13.8. The molecule has 3 aromatic rings. The molecule has 0 radical (unpaired) electrons. The highest BCUT2D eigenvalue weighted by atomic mass is 16.7. The maximum Gasteiger partial charge on any atom is 0.231 e. The van der Waals surface area contributed by atoms with Gasteiger partial charge >= 0.3 is 0 Å². The van der Waals surface area contributed by atoms with Gasteiger partial charge in [-0.3, -0.25) is 9.58 Å². The van der Waals surface area contributed by atoms with Gasteiger partial charge in [0.1, 0.15) is 0 Å². The number of hydrogen-bond donors (Lipinski definition) is 1. The van der Waals surface area contributed by atoms with E-state index in [1.54, 1.807) is 0 Å². The molecule has 162 valence electrons. The second kappa shape index (κ2) is 8.70. The molecule has 2 aliphatic rings. The number of aliphatic hydroxyl groups is 1. The highest BCUT2D eigenvalue weighted by Crippen LogP contribution is 2.39. The summed E-state index contributed by atoms with van der Waals surface area (Å²) in [5.74, 6) is 1.55. The Balaban J connectivity index is 1.41. The molecule has 1 fully saturated rings. The van der Waals surface area contributed by atoms with Gasteiger partial charge in [0.15, 0.2) is 11.5 Å². The van der Waals surface area contributed by atoms with Crippen LogP contribution in [0.1, 0.15) is 34.6 Å². The van der Waals surface area contributed by atoms with Gasteiger partial charge < -0.3 is 19.3 Å². The molecule has 0 aliphatic carbocycles. The van der Waals surface area contributed by atoms with Crippen molar-refractivity contribution in [2.45, 2.75) is 32.2 Å². The predicted octanol–water partition coefficient (Wildman–Crippen LogP) is 3.23. The molecule has 1 aromatic heterocycles. The van der Waals surface area contributed by atoms with Crippen LogP contribution in [0.2, 0.25) is 0 Å². The minimum Gasteiger partial charge on any atom is -0.454 e. The van der Waals surface area contributed by atoms with Crippen molar-refractivity contribution in [1.29, 1.82) is 0 Å². The van der Waals surface area contributed by atoms with Gasteiger partial charge in [-0.25, -0.2) is 0 Å². The van der Waals surface area contributed by atoms with Crippen LogP contribution in [0.15, 0.2) is 54.7 Å². The SMILES string of the molecule is Cc1nn(CCO)cc1CN1C[C@@H](c2ccccc2)O[C@@H](c2ccc3c(c2)OCO3)C1. The van der Waals surface area contributed by atoms with Gasteiger partial charge in [0.25, 0.3) is 0 Å². The molecule has 2 aromatic carbocycles. The average Bonchev–Trinajstić information content (AvgIpc) is 3.40. The molecule has 0 amide bonds. The van der Waals surface area contributed by atoms with Crippen molar-refractivity contribution in [2.24, 2.45) is 0 Å². The van der Waals surface area contributed by atoms with E-state index in [9.17, 15) is 5.11 Å². The van der Waals surface area contributed by atoms with E-state index in [2.05, 4.69) is 40.3 Å². The largest absolute Gasteiger partial charge is 0.454 e. The number of aromatic nitrogens is 2. The fourth-order valence-electron chi connectivity index (χ4n) is 4.28. The third-order valence-corrected chi connectivity index (χ3v) is 5.89. The molecule has 2 atom stereocenters. The summed E-state index contributed by atoms with van der Waals surface area (Å²) < 4.78 is 19.4. The molecule has 2 aliphatic heterocycles. The Hall–Kier alpha value is -2.87. The first kappa shape index (κ1) is 20.1. The Morgan fingerprint density at radius 3 is 2.58 bits per heavy atom. The van der Waals surface area contributed by atoms with E-state index in [1.165, 1.54) is 11.1 Å². The average molecular weight is 421 g/mol. The molecule has 1 N–H and O–H groups in total. The number of rotatable bonds is 6. The first-order valence-corrected chi connectivity index (χ1v) is 10.7. The van der Waals surface area contributed by atoms with Crippen LogP contribution in [0.25, 0.3) is 0 Å². The maximum absolute atomic E-state index is 9.22. The van der Waals surface area contributed by atoms with E-state index in [0.717, 1.165) is 42.4 Å². The number of nitrogens with zero attached hydrogens (tertiary/aromatic N) is 3. The van der Waals surface area contributed by atoms with Gasteiger partial charge in [-0.2, -0.15) is 5.10 Å². The van der Waals surface area contributed by atoms with Crippen molar-refractivity contribution in [1.82, 2.24) is 14.7 Å². The van der Waals surface area contributed by atoms with Crippen molar-refractivity contribution >= 4 is 0 Å². The maximum atomic E-state index is 9.22. The zero-order valence-electron chi connectivity index (χ0n) is 17.6. The summed E-state index contributed by atoms with van der Waals surface area (Å²) in [7, 11) is 0. The van der Waals surface area contributed by atoms with Crippen LogP contribution in [0, 0.1) is 6.92 Å². The van der Waals surface area contributed by atoms with Gasteiger partial charge in [-0.05, 0) is 30.2 Å². The Kier molecular flexibility index (Phi) is 5.63. The predicted molar refractivity (Wildman–Crippen MR) is 115 cm³/mol. The van der Waals surface area contributed by atoms with Gasteiger partial charge in [-0.1, -0.05) is 36.4 Å². The van der Waals surface area contributed by atoms with Crippen molar-refractivity contribution in [3.8, 4) is 11.5 Å². The molecule has 0 saturated carbocycles. The van der Waals surface area contributed by atoms with Crippen LogP contribution in [-0.4, -0.2) is 46.3 Å². The topological polar surface area (TPSA) is 69.0 Å². The van der Waals surface area contributed by atoms with E-state index in [4.69, 9.17) is 14.2 Å².